The van der Waals surface area contributed by atoms with Crippen molar-refractivity contribution >= 4 is 0 Å². The van der Waals surface area contributed by atoms with E-state index in [1.807, 2.05) is 12.1 Å². The molecule has 0 heterocycles. The van der Waals surface area contributed by atoms with Crippen molar-refractivity contribution in [3.8, 4) is 0 Å². The summed E-state index contributed by atoms with van der Waals surface area (Å²) in [5.74, 6) is 0.553. The molecule has 0 amide bonds. The van der Waals surface area contributed by atoms with Gasteiger partial charge in [-0.2, -0.15) is 0 Å². The van der Waals surface area contributed by atoms with Gasteiger partial charge in [0.2, 0.25) is 0 Å². The van der Waals surface area contributed by atoms with E-state index in [0.29, 0.717) is 5.92 Å². The standard InChI is InChI=1S/C12H17N/c1-4-12(13)11-7-5-6-10(8-11)9(2)3/h4-9,12H,1,13H2,2-3H3. The van der Waals surface area contributed by atoms with Crippen LogP contribution in [0.2, 0.25) is 0 Å². The first-order chi connectivity index (χ1) is 6.15. The van der Waals surface area contributed by atoms with Crippen molar-refractivity contribution in [2.75, 3.05) is 0 Å². The lowest BCUT2D eigenvalue weighted by molar-refractivity contribution is 0.849. The summed E-state index contributed by atoms with van der Waals surface area (Å²) >= 11 is 0. The molecule has 1 nitrogen and oxygen atoms in total. The van der Waals surface area contributed by atoms with Crippen molar-refractivity contribution < 1.29 is 0 Å². The third-order valence-electron chi connectivity index (χ3n) is 2.22. The van der Waals surface area contributed by atoms with Gasteiger partial charge in [0.15, 0.2) is 0 Å². The highest BCUT2D eigenvalue weighted by Gasteiger charge is 2.03. The van der Waals surface area contributed by atoms with E-state index < -0.39 is 0 Å². The average Bonchev–Trinajstić information content (AvgIpc) is 2.17. The Bertz CT molecular complexity index is 289. The summed E-state index contributed by atoms with van der Waals surface area (Å²) in [4.78, 5) is 0. The van der Waals surface area contributed by atoms with Gasteiger partial charge >= 0.3 is 0 Å². The lowest BCUT2D eigenvalue weighted by Crippen LogP contribution is -2.06. The van der Waals surface area contributed by atoms with Crippen molar-refractivity contribution in [1.82, 2.24) is 0 Å². The summed E-state index contributed by atoms with van der Waals surface area (Å²) in [5, 5.41) is 0. The monoisotopic (exact) mass is 175 g/mol. The van der Waals surface area contributed by atoms with E-state index in [9.17, 15) is 0 Å². The highest BCUT2D eigenvalue weighted by molar-refractivity contribution is 5.29. The maximum absolute atomic E-state index is 5.85. The van der Waals surface area contributed by atoms with Crippen LogP contribution in [0.1, 0.15) is 36.9 Å². The molecule has 0 spiro atoms. The van der Waals surface area contributed by atoms with E-state index in [1.54, 1.807) is 6.08 Å². The zero-order valence-electron chi connectivity index (χ0n) is 8.33. The summed E-state index contributed by atoms with van der Waals surface area (Å²) in [6.07, 6.45) is 1.76. The second kappa shape index (κ2) is 4.24. The Morgan fingerprint density at radius 3 is 2.46 bits per heavy atom. The molecule has 0 aliphatic carbocycles. The molecule has 0 saturated heterocycles. The van der Waals surface area contributed by atoms with Crippen LogP contribution < -0.4 is 5.73 Å². The molecule has 0 bridgehead atoms. The maximum atomic E-state index is 5.85. The largest absolute Gasteiger partial charge is 0.321 e. The van der Waals surface area contributed by atoms with Crippen LogP contribution in [0.4, 0.5) is 0 Å². The highest BCUT2D eigenvalue weighted by atomic mass is 14.6. The molecule has 1 aromatic rings. The Balaban J connectivity index is 2.97. The minimum atomic E-state index is -0.0429. The molecule has 1 unspecified atom stereocenters. The summed E-state index contributed by atoms with van der Waals surface area (Å²) in [6, 6.07) is 8.33. The molecule has 1 aromatic carbocycles. The molecular weight excluding hydrogens is 158 g/mol. The van der Waals surface area contributed by atoms with E-state index >= 15 is 0 Å². The summed E-state index contributed by atoms with van der Waals surface area (Å²) < 4.78 is 0. The van der Waals surface area contributed by atoms with Gasteiger partial charge in [0.1, 0.15) is 0 Å². The number of rotatable bonds is 3. The summed E-state index contributed by atoms with van der Waals surface area (Å²) in [5.41, 5.74) is 8.31. The molecule has 0 radical (unpaired) electrons. The SMILES string of the molecule is C=CC(N)c1cccc(C(C)C)c1. The minimum Gasteiger partial charge on any atom is -0.321 e. The smallest absolute Gasteiger partial charge is 0.0478 e. The number of nitrogens with two attached hydrogens (primary N) is 1. The zero-order valence-corrected chi connectivity index (χ0v) is 8.33. The van der Waals surface area contributed by atoms with Gasteiger partial charge in [-0.3, -0.25) is 0 Å². The molecule has 70 valence electrons. The Morgan fingerprint density at radius 2 is 1.92 bits per heavy atom. The zero-order chi connectivity index (χ0) is 9.84. The van der Waals surface area contributed by atoms with Gasteiger partial charge < -0.3 is 5.73 Å². The third kappa shape index (κ3) is 2.43. The van der Waals surface area contributed by atoms with E-state index in [-0.39, 0.29) is 6.04 Å². The Labute approximate surface area is 80.3 Å². The predicted molar refractivity (Wildman–Crippen MR) is 57.7 cm³/mol. The fourth-order valence-electron chi connectivity index (χ4n) is 1.26. The van der Waals surface area contributed by atoms with Crippen LogP contribution in [0.25, 0.3) is 0 Å². The average molecular weight is 175 g/mol. The first kappa shape index (κ1) is 10.0. The van der Waals surface area contributed by atoms with Crippen LogP contribution in [-0.4, -0.2) is 0 Å². The normalized spacial score (nSPS) is 12.9. The van der Waals surface area contributed by atoms with Crippen molar-refractivity contribution in [3.63, 3.8) is 0 Å². The fourth-order valence-corrected chi connectivity index (χ4v) is 1.26. The molecule has 0 aliphatic rings. The number of hydrogen-bond acceptors (Lipinski definition) is 1. The quantitative estimate of drug-likeness (QED) is 0.702. The molecule has 1 heteroatoms. The topological polar surface area (TPSA) is 26.0 Å². The lowest BCUT2D eigenvalue weighted by Gasteiger charge is -2.10. The van der Waals surface area contributed by atoms with Gasteiger partial charge in [-0.25, -0.2) is 0 Å². The molecule has 2 N–H and O–H groups in total. The van der Waals surface area contributed by atoms with Gasteiger partial charge in [-0.1, -0.05) is 44.2 Å². The summed E-state index contributed by atoms with van der Waals surface area (Å²) in [7, 11) is 0. The van der Waals surface area contributed by atoms with E-state index in [2.05, 4.69) is 32.6 Å². The molecule has 0 aromatic heterocycles. The second-order valence-corrected chi connectivity index (χ2v) is 3.59. The Hall–Kier alpha value is -1.08. The molecule has 0 saturated carbocycles. The molecular formula is C12H17N. The van der Waals surface area contributed by atoms with Crippen LogP contribution in [-0.2, 0) is 0 Å². The van der Waals surface area contributed by atoms with E-state index in [1.165, 1.54) is 5.56 Å². The van der Waals surface area contributed by atoms with Crippen molar-refractivity contribution in [2.45, 2.75) is 25.8 Å². The van der Waals surface area contributed by atoms with Crippen molar-refractivity contribution in [3.05, 3.63) is 48.0 Å². The first-order valence-corrected chi connectivity index (χ1v) is 4.63. The van der Waals surface area contributed by atoms with Crippen LogP contribution in [0.5, 0.6) is 0 Å². The van der Waals surface area contributed by atoms with Crippen LogP contribution in [0, 0.1) is 0 Å². The maximum Gasteiger partial charge on any atom is 0.0478 e. The molecule has 0 fully saturated rings. The Morgan fingerprint density at radius 1 is 1.31 bits per heavy atom. The van der Waals surface area contributed by atoms with Gasteiger partial charge in [-0.15, -0.1) is 6.58 Å². The second-order valence-electron chi connectivity index (χ2n) is 3.59. The third-order valence-corrected chi connectivity index (χ3v) is 2.22. The van der Waals surface area contributed by atoms with Gasteiger partial charge in [-0.05, 0) is 17.0 Å². The molecule has 1 atom stereocenters. The van der Waals surface area contributed by atoms with Gasteiger partial charge in [0, 0.05) is 6.04 Å². The van der Waals surface area contributed by atoms with Gasteiger partial charge in [0.25, 0.3) is 0 Å². The number of hydrogen-bond donors (Lipinski definition) is 1. The van der Waals surface area contributed by atoms with Crippen LogP contribution in [0.3, 0.4) is 0 Å². The fraction of sp³-hybridized carbons (Fsp3) is 0.333. The molecule has 13 heavy (non-hydrogen) atoms. The number of benzene rings is 1. The Kier molecular flexibility index (Phi) is 3.26. The van der Waals surface area contributed by atoms with Gasteiger partial charge in [0.05, 0.1) is 0 Å². The first-order valence-electron chi connectivity index (χ1n) is 4.63. The minimum absolute atomic E-state index is 0.0429. The van der Waals surface area contributed by atoms with E-state index in [4.69, 9.17) is 5.73 Å². The highest BCUT2D eigenvalue weighted by Crippen LogP contribution is 2.19. The van der Waals surface area contributed by atoms with Crippen LogP contribution in [0.15, 0.2) is 36.9 Å². The summed E-state index contributed by atoms with van der Waals surface area (Å²) in [6.45, 7) is 8.04. The van der Waals surface area contributed by atoms with Crippen LogP contribution >= 0.6 is 0 Å². The molecule has 0 aliphatic heterocycles. The van der Waals surface area contributed by atoms with Crippen molar-refractivity contribution in [1.29, 1.82) is 0 Å². The lowest BCUT2D eigenvalue weighted by atomic mass is 9.98. The van der Waals surface area contributed by atoms with E-state index in [0.717, 1.165) is 5.56 Å². The van der Waals surface area contributed by atoms with Crippen molar-refractivity contribution in [2.24, 2.45) is 5.73 Å². The predicted octanol–water partition coefficient (Wildman–Crippen LogP) is 3.00. The molecule has 1 rings (SSSR count).